The van der Waals surface area contributed by atoms with E-state index in [1.807, 2.05) is 0 Å². The molecular weight excluding hydrogens is 486 g/mol. The van der Waals surface area contributed by atoms with Gasteiger partial charge in [-0.15, -0.1) is 0 Å². The molecule has 34 heavy (non-hydrogen) atoms. The normalized spacial score (nSPS) is 17.5. The van der Waals surface area contributed by atoms with Gasteiger partial charge in [0.05, 0.1) is 11.3 Å². The minimum absolute atomic E-state index is 0.0856. The van der Waals surface area contributed by atoms with Crippen molar-refractivity contribution < 1.29 is 31.2 Å². The number of carbonyl (C=O) groups is 1. The number of furan rings is 1. The molecule has 1 aliphatic heterocycles. The Labute approximate surface area is 197 Å². The standard InChI is InChI=1S/C20H25N5O7S2/c1-5-13(15-10-9-11(2)32-15)23-18-16(20(33(21,28)29)34(30,31)24-18)22-14-8-6-7-12(17(14)26)19(27)25(3)4/h6-10,13,22,26H,5H2,1-4H3,(H,23,24)(H2,21,28,29). The molecule has 1 atom stereocenters. The highest BCUT2D eigenvalue weighted by atomic mass is 32.3. The summed E-state index contributed by atoms with van der Waals surface area (Å²) in [5.74, 6) is -0.316. The number of nitrogens with two attached hydrogens (primary N) is 1. The highest BCUT2D eigenvalue weighted by Crippen LogP contribution is 2.34. The van der Waals surface area contributed by atoms with Gasteiger partial charge in [-0.05, 0) is 37.6 Å². The van der Waals surface area contributed by atoms with Gasteiger partial charge in [-0.25, -0.2) is 22.0 Å². The van der Waals surface area contributed by atoms with Gasteiger partial charge >= 0.3 is 0 Å². The van der Waals surface area contributed by atoms with Crippen LogP contribution >= 0.6 is 0 Å². The second kappa shape index (κ2) is 9.12. The van der Waals surface area contributed by atoms with Crippen LogP contribution < -0.4 is 15.2 Å². The third kappa shape index (κ3) is 4.93. The van der Waals surface area contributed by atoms with Gasteiger partial charge in [0.2, 0.25) is 4.24 Å². The molecule has 0 fully saturated rings. The molecule has 5 N–H and O–H groups in total. The zero-order chi connectivity index (χ0) is 25.4. The lowest BCUT2D eigenvalue weighted by molar-refractivity contribution is 0.0824. The molecule has 0 saturated carbocycles. The van der Waals surface area contributed by atoms with Crippen molar-refractivity contribution in [2.45, 2.75) is 26.3 Å². The van der Waals surface area contributed by atoms with Crippen LogP contribution in [0.2, 0.25) is 0 Å². The number of anilines is 1. The molecule has 1 aromatic heterocycles. The van der Waals surface area contributed by atoms with Crippen molar-refractivity contribution in [2.24, 2.45) is 10.1 Å². The highest BCUT2D eigenvalue weighted by molar-refractivity contribution is 8.13. The summed E-state index contributed by atoms with van der Waals surface area (Å²) in [6, 6.07) is 6.88. The number of hydrogen-bond acceptors (Lipinski definition) is 9. The van der Waals surface area contributed by atoms with Crippen molar-refractivity contribution in [3.63, 3.8) is 0 Å². The van der Waals surface area contributed by atoms with Crippen LogP contribution in [0.5, 0.6) is 5.75 Å². The van der Waals surface area contributed by atoms with E-state index in [-0.39, 0.29) is 17.1 Å². The Morgan fingerprint density at radius 2 is 1.97 bits per heavy atom. The summed E-state index contributed by atoms with van der Waals surface area (Å²) in [6.07, 6.45) is 0.397. The Bertz CT molecular complexity index is 1410. The molecule has 1 aromatic carbocycles. The third-order valence-corrected chi connectivity index (χ3v) is 8.10. The summed E-state index contributed by atoms with van der Waals surface area (Å²) in [7, 11) is -6.40. The number of phenolic OH excluding ortho intramolecular Hbond substituents is 1. The van der Waals surface area contributed by atoms with E-state index in [2.05, 4.69) is 15.0 Å². The number of amidine groups is 1. The molecule has 0 spiro atoms. The molecule has 2 heterocycles. The van der Waals surface area contributed by atoms with E-state index in [1.165, 1.54) is 37.2 Å². The first-order valence-electron chi connectivity index (χ1n) is 10.0. The van der Waals surface area contributed by atoms with E-state index in [9.17, 15) is 26.7 Å². The average molecular weight is 512 g/mol. The largest absolute Gasteiger partial charge is 0.505 e. The summed E-state index contributed by atoms with van der Waals surface area (Å²) in [4.78, 5) is 18.0. The van der Waals surface area contributed by atoms with Crippen molar-refractivity contribution in [1.82, 2.24) is 9.62 Å². The fraction of sp³-hybridized carbons (Fsp3) is 0.300. The minimum Gasteiger partial charge on any atom is -0.505 e. The van der Waals surface area contributed by atoms with Crippen LogP contribution in [0.3, 0.4) is 0 Å². The van der Waals surface area contributed by atoms with Crippen molar-refractivity contribution in [3.8, 4) is 5.75 Å². The third-order valence-electron chi connectivity index (χ3n) is 4.87. The maximum atomic E-state index is 12.7. The fourth-order valence-corrected chi connectivity index (χ4v) is 5.99. The van der Waals surface area contributed by atoms with Crippen molar-refractivity contribution in [1.29, 1.82) is 0 Å². The number of aromatic hydroxyl groups is 1. The number of aliphatic imine (C=N–C) groups is 1. The SMILES string of the molecule is CCC(N=C1NS(=O)(=O)C(S(N)(=O)=O)=C1Nc1cccc(C(=O)N(C)C)c1O)c1ccc(C)o1. The zero-order valence-electron chi connectivity index (χ0n) is 18.9. The number of phenols is 1. The lowest BCUT2D eigenvalue weighted by Crippen LogP contribution is -2.28. The number of amides is 1. The number of hydrogen-bond donors (Lipinski definition) is 4. The van der Waals surface area contributed by atoms with Gasteiger partial charge in [-0.2, -0.15) is 0 Å². The first-order valence-corrected chi connectivity index (χ1v) is 13.0. The van der Waals surface area contributed by atoms with E-state index < -0.39 is 47.7 Å². The van der Waals surface area contributed by atoms with Gasteiger partial charge in [0.15, 0.2) is 11.6 Å². The number of rotatable bonds is 7. The van der Waals surface area contributed by atoms with Crippen LogP contribution in [0.4, 0.5) is 5.69 Å². The minimum atomic E-state index is -4.76. The van der Waals surface area contributed by atoms with E-state index in [0.29, 0.717) is 17.9 Å². The molecule has 0 radical (unpaired) electrons. The monoisotopic (exact) mass is 511 g/mol. The Hall–Kier alpha value is -3.36. The molecule has 184 valence electrons. The summed E-state index contributed by atoms with van der Waals surface area (Å²) in [5.41, 5.74) is -0.705. The van der Waals surface area contributed by atoms with Crippen LogP contribution in [-0.2, 0) is 20.0 Å². The average Bonchev–Trinajstić information content (AvgIpc) is 3.26. The molecule has 3 rings (SSSR count). The van der Waals surface area contributed by atoms with E-state index in [4.69, 9.17) is 9.56 Å². The fourth-order valence-electron chi connectivity index (χ4n) is 3.29. The maximum Gasteiger partial charge on any atom is 0.277 e. The van der Waals surface area contributed by atoms with Crippen LogP contribution in [0.1, 0.15) is 41.3 Å². The van der Waals surface area contributed by atoms with Crippen molar-refractivity contribution in [2.75, 3.05) is 19.4 Å². The molecule has 0 saturated heterocycles. The summed E-state index contributed by atoms with van der Waals surface area (Å²) in [5, 5.41) is 18.4. The Morgan fingerprint density at radius 1 is 1.29 bits per heavy atom. The van der Waals surface area contributed by atoms with Gasteiger partial charge < -0.3 is 19.7 Å². The van der Waals surface area contributed by atoms with E-state index in [1.54, 1.807) is 26.0 Å². The lowest BCUT2D eigenvalue weighted by atomic mass is 10.1. The summed E-state index contributed by atoms with van der Waals surface area (Å²) < 4.78 is 56.4. The molecule has 0 aliphatic carbocycles. The van der Waals surface area contributed by atoms with E-state index >= 15 is 0 Å². The quantitative estimate of drug-likeness (QED) is 0.401. The second-order valence-corrected chi connectivity index (χ2v) is 11.1. The van der Waals surface area contributed by atoms with Crippen LogP contribution in [0, 0.1) is 6.92 Å². The Balaban J connectivity index is 2.19. The number of aryl methyl sites for hydroxylation is 1. The number of nitrogens with one attached hydrogen (secondary N) is 2. The van der Waals surface area contributed by atoms with Gasteiger partial charge in [0.25, 0.3) is 26.0 Å². The van der Waals surface area contributed by atoms with Crippen molar-refractivity contribution in [3.05, 3.63) is 57.3 Å². The molecule has 1 aliphatic rings. The molecular formula is C20H25N5O7S2. The van der Waals surface area contributed by atoms with Crippen LogP contribution in [0.25, 0.3) is 0 Å². The number of para-hydroxylation sites is 1. The molecule has 0 bridgehead atoms. The van der Waals surface area contributed by atoms with Gasteiger partial charge in [0.1, 0.15) is 23.3 Å². The predicted octanol–water partition coefficient (Wildman–Crippen LogP) is 1.35. The van der Waals surface area contributed by atoms with Gasteiger partial charge in [0, 0.05) is 14.1 Å². The number of carbonyl (C=O) groups excluding carboxylic acids is 1. The summed E-state index contributed by atoms with van der Waals surface area (Å²) >= 11 is 0. The number of nitrogens with zero attached hydrogens (tertiary/aromatic N) is 2. The molecule has 2 aromatic rings. The number of primary sulfonamides is 1. The number of sulfonamides is 2. The topological polar surface area (TPSA) is 184 Å². The van der Waals surface area contributed by atoms with Gasteiger partial charge in [-0.3, -0.25) is 14.5 Å². The van der Waals surface area contributed by atoms with Crippen LogP contribution in [-0.4, -0.2) is 52.7 Å². The zero-order valence-corrected chi connectivity index (χ0v) is 20.5. The second-order valence-electron chi connectivity index (χ2n) is 7.69. The number of benzene rings is 1. The van der Waals surface area contributed by atoms with E-state index in [0.717, 1.165) is 0 Å². The molecule has 1 amide bonds. The smallest absolute Gasteiger partial charge is 0.277 e. The molecule has 1 unspecified atom stereocenters. The van der Waals surface area contributed by atoms with Gasteiger partial charge in [-0.1, -0.05) is 13.0 Å². The maximum absolute atomic E-state index is 12.7. The first-order chi connectivity index (χ1) is 15.8. The Kier molecular flexibility index (Phi) is 6.78. The lowest BCUT2D eigenvalue weighted by Gasteiger charge is -2.16. The first kappa shape index (κ1) is 25.3. The summed E-state index contributed by atoms with van der Waals surface area (Å²) in [6.45, 7) is 3.52. The van der Waals surface area contributed by atoms with Crippen LogP contribution in [0.15, 0.2) is 49.7 Å². The Morgan fingerprint density at radius 3 is 2.50 bits per heavy atom. The van der Waals surface area contributed by atoms with Crippen molar-refractivity contribution >= 4 is 37.5 Å². The predicted molar refractivity (Wildman–Crippen MR) is 126 cm³/mol. The molecule has 14 heteroatoms. The molecule has 12 nitrogen and oxygen atoms in total. The highest BCUT2D eigenvalue weighted by Gasteiger charge is 2.42.